The Morgan fingerprint density at radius 3 is 2.76 bits per heavy atom. The highest BCUT2D eigenvalue weighted by Crippen LogP contribution is 2.29. The molecule has 110 valence electrons. The van der Waals surface area contributed by atoms with Crippen LogP contribution in [0.1, 0.15) is 22.8 Å². The second-order valence-electron chi connectivity index (χ2n) is 4.32. The van der Waals surface area contributed by atoms with E-state index in [9.17, 15) is 4.79 Å². The fourth-order valence-electron chi connectivity index (χ4n) is 1.83. The molecule has 0 atom stereocenters. The van der Waals surface area contributed by atoms with E-state index in [2.05, 4.69) is 10.3 Å². The van der Waals surface area contributed by atoms with Gasteiger partial charge in [0.1, 0.15) is 6.61 Å². The maximum Gasteiger partial charge on any atom is 0.251 e. The molecular weight excluding hydrogens is 268 g/mol. The number of hydrogen-bond donors (Lipinski definition) is 1. The minimum absolute atomic E-state index is 0.158. The van der Waals surface area contributed by atoms with Crippen LogP contribution in [-0.2, 0) is 6.61 Å². The number of ether oxygens (including phenoxy) is 2. The lowest BCUT2D eigenvalue weighted by molar-refractivity contribution is 0.0962. The van der Waals surface area contributed by atoms with Gasteiger partial charge in [0.25, 0.3) is 5.91 Å². The van der Waals surface area contributed by atoms with Crippen LogP contribution in [0.4, 0.5) is 0 Å². The van der Waals surface area contributed by atoms with Crippen LogP contribution in [0.3, 0.4) is 0 Å². The summed E-state index contributed by atoms with van der Waals surface area (Å²) < 4.78 is 11.3. The molecule has 0 spiro atoms. The summed E-state index contributed by atoms with van der Waals surface area (Å²) in [6, 6.07) is 8.93. The van der Waals surface area contributed by atoms with Crippen molar-refractivity contribution < 1.29 is 14.3 Å². The number of hydrogen-bond acceptors (Lipinski definition) is 4. The van der Waals surface area contributed by atoms with E-state index < -0.39 is 0 Å². The summed E-state index contributed by atoms with van der Waals surface area (Å²) in [5.41, 5.74) is 1.50. The quantitative estimate of drug-likeness (QED) is 0.886. The summed E-state index contributed by atoms with van der Waals surface area (Å²) in [4.78, 5) is 15.7. The lowest BCUT2D eigenvalue weighted by atomic mass is 10.2. The Kier molecular flexibility index (Phi) is 5.15. The van der Waals surface area contributed by atoms with Crippen LogP contribution in [0.2, 0.25) is 0 Å². The third kappa shape index (κ3) is 3.95. The highest BCUT2D eigenvalue weighted by Gasteiger charge is 2.10. The summed E-state index contributed by atoms with van der Waals surface area (Å²) >= 11 is 0. The van der Waals surface area contributed by atoms with E-state index in [0.29, 0.717) is 30.3 Å². The predicted molar refractivity (Wildman–Crippen MR) is 79.6 cm³/mol. The largest absolute Gasteiger partial charge is 0.490 e. The number of nitrogens with one attached hydrogen (secondary N) is 1. The van der Waals surface area contributed by atoms with Crippen molar-refractivity contribution in [1.82, 2.24) is 10.3 Å². The molecule has 0 aliphatic heterocycles. The van der Waals surface area contributed by atoms with Gasteiger partial charge in [0.2, 0.25) is 0 Å². The zero-order valence-corrected chi connectivity index (χ0v) is 12.1. The van der Waals surface area contributed by atoms with Crippen molar-refractivity contribution in [2.45, 2.75) is 13.5 Å². The minimum Gasteiger partial charge on any atom is -0.490 e. The summed E-state index contributed by atoms with van der Waals surface area (Å²) in [6.07, 6.45) is 3.46. The van der Waals surface area contributed by atoms with Crippen LogP contribution in [0.15, 0.2) is 42.7 Å². The Morgan fingerprint density at radius 1 is 1.24 bits per heavy atom. The van der Waals surface area contributed by atoms with Crippen LogP contribution in [0.25, 0.3) is 0 Å². The van der Waals surface area contributed by atoms with Crippen molar-refractivity contribution in [1.29, 1.82) is 0 Å². The first-order chi connectivity index (χ1) is 10.2. The van der Waals surface area contributed by atoms with E-state index >= 15 is 0 Å². The Hall–Kier alpha value is -2.56. The topological polar surface area (TPSA) is 60.5 Å². The SMILES string of the molecule is CCOc1cc(C(=O)NC)ccc1OCc1cccnc1. The molecule has 0 aliphatic rings. The molecule has 1 aromatic carbocycles. The van der Waals surface area contributed by atoms with Crippen molar-refractivity contribution in [3.05, 3.63) is 53.9 Å². The van der Waals surface area contributed by atoms with E-state index in [4.69, 9.17) is 9.47 Å². The lowest BCUT2D eigenvalue weighted by Gasteiger charge is -2.13. The smallest absolute Gasteiger partial charge is 0.251 e. The summed E-state index contributed by atoms with van der Waals surface area (Å²) in [7, 11) is 1.59. The number of benzene rings is 1. The molecule has 0 aliphatic carbocycles. The number of nitrogens with zero attached hydrogens (tertiary/aromatic N) is 1. The molecular formula is C16H18N2O3. The molecule has 1 N–H and O–H groups in total. The molecule has 5 heteroatoms. The van der Waals surface area contributed by atoms with Crippen molar-refractivity contribution in [3.63, 3.8) is 0 Å². The Bertz CT molecular complexity index is 600. The Morgan fingerprint density at radius 2 is 2.10 bits per heavy atom. The van der Waals surface area contributed by atoms with Gasteiger partial charge < -0.3 is 14.8 Å². The fourth-order valence-corrected chi connectivity index (χ4v) is 1.83. The van der Waals surface area contributed by atoms with Crippen LogP contribution in [0, 0.1) is 0 Å². The van der Waals surface area contributed by atoms with Crippen molar-refractivity contribution in [2.75, 3.05) is 13.7 Å². The van der Waals surface area contributed by atoms with Gasteiger partial charge in [-0.15, -0.1) is 0 Å². The molecule has 0 bridgehead atoms. The number of amides is 1. The minimum atomic E-state index is -0.158. The van der Waals surface area contributed by atoms with E-state index in [1.165, 1.54) is 0 Å². The van der Waals surface area contributed by atoms with Crippen LogP contribution in [0.5, 0.6) is 11.5 Å². The molecule has 0 unspecified atom stereocenters. The second-order valence-corrected chi connectivity index (χ2v) is 4.32. The monoisotopic (exact) mass is 286 g/mol. The number of carbonyl (C=O) groups is 1. The Labute approximate surface area is 123 Å². The van der Waals surface area contributed by atoms with Crippen molar-refractivity contribution in [2.24, 2.45) is 0 Å². The normalized spacial score (nSPS) is 10.0. The molecule has 0 saturated carbocycles. The molecule has 0 saturated heterocycles. The van der Waals surface area contributed by atoms with Gasteiger partial charge in [-0.25, -0.2) is 0 Å². The molecule has 5 nitrogen and oxygen atoms in total. The number of carbonyl (C=O) groups excluding carboxylic acids is 1. The molecule has 2 aromatic rings. The first-order valence-electron chi connectivity index (χ1n) is 6.75. The van der Waals surface area contributed by atoms with Crippen LogP contribution < -0.4 is 14.8 Å². The summed E-state index contributed by atoms with van der Waals surface area (Å²) in [5, 5.41) is 2.58. The molecule has 2 rings (SSSR count). The van der Waals surface area contributed by atoms with Crippen molar-refractivity contribution in [3.8, 4) is 11.5 Å². The molecule has 0 radical (unpaired) electrons. The molecule has 1 amide bonds. The van der Waals surface area contributed by atoms with Gasteiger partial charge in [-0.1, -0.05) is 6.07 Å². The maximum absolute atomic E-state index is 11.6. The van der Waals surface area contributed by atoms with Gasteiger partial charge >= 0.3 is 0 Å². The predicted octanol–water partition coefficient (Wildman–Crippen LogP) is 2.42. The number of rotatable bonds is 6. The molecule has 1 heterocycles. The number of pyridine rings is 1. The standard InChI is InChI=1S/C16H18N2O3/c1-3-20-15-9-13(16(19)17-2)6-7-14(15)21-11-12-5-4-8-18-10-12/h4-10H,3,11H2,1-2H3,(H,17,19). The van der Waals surface area contributed by atoms with Crippen LogP contribution >= 0.6 is 0 Å². The van der Waals surface area contributed by atoms with E-state index in [1.54, 1.807) is 37.6 Å². The average molecular weight is 286 g/mol. The average Bonchev–Trinajstić information content (AvgIpc) is 2.54. The van der Waals surface area contributed by atoms with Crippen LogP contribution in [-0.4, -0.2) is 24.5 Å². The van der Waals surface area contributed by atoms with Crippen molar-refractivity contribution >= 4 is 5.91 Å². The van der Waals surface area contributed by atoms with E-state index in [1.807, 2.05) is 19.1 Å². The van der Waals surface area contributed by atoms with Gasteiger partial charge in [-0.2, -0.15) is 0 Å². The molecule has 0 fully saturated rings. The van der Waals surface area contributed by atoms with Gasteiger partial charge in [-0.05, 0) is 31.2 Å². The van der Waals surface area contributed by atoms with Gasteiger partial charge in [0, 0.05) is 30.6 Å². The molecule has 1 aromatic heterocycles. The second kappa shape index (κ2) is 7.28. The third-order valence-electron chi connectivity index (χ3n) is 2.85. The number of aromatic nitrogens is 1. The van der Waals surface area contributed by atoms with Gasteiger partial charge in [0.05, 0.1) is 6.61 Å². The van der Waals surface area contributed by atoms with E-state index in [-0.39, 0.29) is 5.91 Å². The highest BCUT2D eigenvalue weighted by molar-refractivity contribution is 5.94. The van der Waals surface area contributed by atoms with Gasteiger partial charge in [-0.3, -0.25) is 9.78 Å². The highest BCUT2D eigenvalue weighted by atomic mass is 16.5. The van der Waals surface area contributed by atoms with E-state index in [0.717, 1.165) is 5.56 Å². The van der Waals surface area contributed by atoms with Gasteiger partial charge in [0.15, 0.2) is 11.5 Å². The first kappa shape index (κ1) is 14.8. The maximum atomic E-state index is 11.6. The lowest BCUT2D eigenvalue weighted by Crippen LogP contribution is -2.17. The summed E-state index contributed by atoms with van der Waals surface area (Å²) in [6.45, 7) is 2.78. The zero-order chi connectivity index (χ0) is 15.1. The zero-order valence-electron chi connectivity index (χ0n) is 12.1. The molecule has 21 heavy (non-hydrogen) atoms. The Balaban J connectivity index is 2.16. The third-order valence-corrected chi connectivity index (χ3v) is 2.85. The fraction of sp³-hybridized carbons (Fsp3) is 0.250. The first-order valence-corrected chi connectivity index (χ1v) is 6.75. The summed E-state index contributed by atoms with van der Waals surface area (Å²) in [5.74, 6) is 1.01.